The number of carbonyl (C=O) groups is 1. The van der Waals surface area contributed by atoms with E-state index in [4.69, 9.17) is 4.74 Å². The predicted molar refractivity (Wildman–Crippen MR) is 67.6 cm³/mol. The van der Waals surface area contributed by atoms with E-state index in [2.05, 4.69) is 19.2 Å². The first-order valence-corrected chi connectivity index (χ1v) is 6.93. The van der Waals surface area contributed by atoms with Crippen LogP contribution in [0.4, 0.5) is 0 Å². The van der Waals surface area contributed by atoms with E-state index >= 15 is 0 Å². The molecule has 2 fully saturated rings. The number of hydrogen-bond acceptors (Lipinski definition) is 3. The zero-order valence-corrected chi connectivity index (χ0v) is 11.2. The maximum atomic E-state index is 11.2. The molecule has 0 aliphatic heterocycles. The van der Waals surface area contributed by atoms with Crippen LogP contribution in [0.25, 0.3) is 0 Å². The molecule has 17 heavy (non-hydrogen) atoms. The van der Waals surface area contributed by atoms with E-state index in [1.807, 2.05) is 0 Å². The fraction of sp³-hybridized carbons (Fsp3) is 0.929. The molecule has 0 aromatic heterocycles. The minimum atomic E-state index is -0.120. The molecule has 1 N–H and O–H groups in total. The number of carbonyl (C=O) groups excluding carboxylic acids is 1. The molecule has 3 nitrogen and oxygen atoms in total. The van der Waals surface area contributed by atoms with Crippen molar-refractivity contribution < 1.29 is 9.53 Å². The average Bonchev–Trinajstić information content (AvgIpc) is 2.90. The Labute approximate surface area is 104 Å². The summed E-state index contributed by atoms with van der Waals surface area (Å²) in [4.78, 5) is 11.2. The summed E-state index contributed by atoms with van der Waals surface area (Å²) < 4.78 is 4.70. The van der Waals surface area contributed by atoms with Gasteiger partial charge < -0.3 is 10.1 Å². The molecule has 0 aromatic rings. The zero-order chi connectivity index (χ0) is 12.4. The number of fused-ring (bicyclic) bond motifs is 2. The maximum absolute atomic E-state index is 11.2. The molecule has 0 heterocycles. The van der Waals surface area contributed by atoms with Gasteiger partial charge in [0.25, 0.3) is 0 Å². The highest BCUT2D eigenvalue weighted by atomic mass is 16.5. The predicted octanol–water partition coefficient (Wildman–Crippen LogP) is 2.35. The molecule has 2 saturated carbocycles. The van der Waals surface area contributed by atoms with Crippen LogP contribution < -0.4 is 5.32 Å². The molecule has 5 atom stereocenters. The second kappa shape index (κ2) is 5.38. The summed E-state index contributed by atoms with van der Waals surface area (Å²) in [6, 6.07) is 0.751. The molecule has 3 heteroatoms. The van der Waals surface area contributed by atoms with Crippen LogP contribution in [0.5, 0.6) is 0 Å². The van der Waals surface area contributed by atoms with E-state index in [1.54, 1.807) is 0 Å². The minimum absolute atomic E-state index is 0.120. The van der Waals surface area contributed by atoms with Crippen molar-refractivity contribution >= 4 is 5.97 Å². The molecular formula is C14H25NO2. The number of methoxy groups -OCH3 is 1. The Bertz CT molecular complexity index is 279. The van der Waals surface area contributed by atoms with E-state index < -0.39 is 0 Å². The maximum Gasteiger partial charge on any atom is 0.307 e. The number of esters is 1. The first-order chi connectivity index (χ1) is 8.10. The lowest BCUT2D eigenvalue weighted by Crippen LogP contribution is -2.42. The quantitative estimate of drug-likeness (QED) is 0.748. The third kappa shape index (κ3) is 3.01. The summed E-state index contributed by atoms with van der Waals surface area (Å²) in [6.45, 7) is 4.35. The van der Waals surface area contributed by atoms with Gasteiger partial charge in [-0.2, -0.15) is 0 Å². The third-order valence-corrected chi connectivity index (χ3v) is 4.68. The summed E-state index contributed by atoms with van der Waals surface area (Å²) in [7, 11) is 1.45. The van der Waals surface area contributed by atoms with Crippen LogP contribution in [0.15, 0.2) is 0 Å². The van der Waals surface area contributed by atoms with Crippen molar-refractivity contribution in [3.63, 3.8) is 0 Å². The van der Waals surface area contributed by atoms with E-state index in [9.17, 15) is 4.79 Å². The largest absolute Gasteiger partial charge is 0.469 e. The van der Waals surface area contributed by atoms with E-state index in [0.29, 0.717) is 12.5 Å². The van der Waals surface area contributed by atoms with Crippen LogP contribution in [-0.4, -0.2) is 25.2 Å². The Balaban J connectivity index is 1.77. The lowest BCUT2D eigenvalue weighted by atomic mass is 9.83. The van der Waals surface area contributed by atoms with Gasteiger partial charge in [-0.3, -0.25) is 4.79 Å². The first-order valence-electron chi connectivity index (χ1n) is 6.93. The average molecular weight is 239 g/mol. The van der Waals surface area contributed by atoms with E-state index in [-0.39, 0.29) is 12.0 Å². The van der Waals surface area contributed by atoms with Gasteiger partial charge in [0.15, 0.2) is 0 Å². The smallest absolute Gasteiger partial charge is 0.307 e. The van der Waals surface area contributed by atoms with Gasteiger partial charge >= 0.3 is 5.97 Å². The van der Waals surface area contributed by atoms with Gasteiger partial charge in [0.2, 0.25) is 0 Å². The highest BCUT2D eigenvalue weighted by molar-refractivity contribution is 5.69. The molecule has 0 amide bonds. The summed E-state index contributed by atoms with van der Waals surface area (Å²) >= 11 is 0. The minimum Gasteiger partial charge on any atom is -0.469 e. The van der Waals surface area contributed by atoms with E-state index in [1.165, 1.54) is 32.8 Å². The number of nitrogens with one attached hydrogen (secondary N) is 1. The van der Waals surface area contributed by atoms with Crippen LogP contribution >= 0.6 is 0 Å². The SMILES string of the molecule is COC(=O)CC(C)NC(C)C1CC2CCC1C2. The summed E-state index contributed by atoms with van der Waals surface area (Å²) in [6.07, 6.45) is 6.19. The molecule has 2 aliphatic carbocycles. The molecule has 2 rings (SSSR count). The molecule has 0 saturated heterocycles. The number of ether oxygens (including phenoxy) is 1. The highest BCUT2D eigenvalue weighted by Gasteiger charge is 2.41. The fourth-order valence-corrected chi connectivity index (χ4v) is 3.87. The molecule has 2 bridgehead atoms. The molecule has 98 valence electrons. The van der Waals surface area contributed by atoms with Crippen molar-refractivity contribution in [2.75, 3.05) is 7.11 Å². The molecular weight excluding hydrogens is 214 g/mol. The van der Waals surface area contributed by atoms with Gasteiger partial charge in [-0.25, -0.2) is 0 Å². The third-order valence-electron chi connectivity index (χ3n) is 4.68. The van der Waals surface area contributed by atoms with Crippen molar-refractivity contribution in [3.05, 3.63) is 0 Å². The summed E-state index contributed by atoms with van der Waals surface area (Å²) in [5.41, 5.74) is 0. The van der Waals surface area contributed by atoms with Crippen molar-refractivity contribution in [2.24, 2.45) is 17.8 Å². The van der Waals surface area contributed by atoms with Crippen LogP contribution in [0.2, 0.25) is 0 Å². The second-order valence-corrected chi connectivity index (χ2v) is 5.98. The molecule has 0 radical (unpaired) electrons. The molecule has 2 aliphatic rings. The van der Waals surface area contributed by atoms with Crippen molar-refractivity contribution in [2.45, 2.75) is 58.0 Å². The van der Waals surface area contributed by atoms with Crippen LogP contribution in [-0.2, 0) is 9.53 Å². The standard InChI is InChI=1S/C14H25NO2/c1-9(6-14(16)17-3)15-10(2)13-8-11-4-5-12(13)7-11/h9-13,15H,4-8H2,1-3H3. The molecule has 0 aromatic carbocycles. The summed E-state index contributed by atoms with van der Waals surface area (Å²) in [5.74, 6) is 2.64. The lowest BCUT2D eigenvalue weighted by molar-refractivity contribution is -0.141. The van der Waals surface area contributed by atoms with Gasteiger partial charge in [-0.1, -0.05) is 6.42 Å². The number of rotatable bonds is 5. The number of hydrogen-bond donors (Lipinski definition) is 1. The van der Waals surface area contributed by atoms with Crippen molar-refractivity contribution in [1.29, 1.82) is 0 Å². The van der Waals surface area contributed by atoms with Crippen molar-refractivity contribution in [1.82, 2.24) is 5.32 Å². The van der Waals surface area contributed by atoms with Crippen LogP contribution in [0.1, 0.15) is 46.0 Å². The Kier molecular flexibility index (Phi) is 4.08. The second-order valence-electron chi connectivity index (χ2n) is 5.98. The summed E-state index contributed by atoms with van der Waals surface area (Å²) in [5, 5.41) is 3.57. The van der Waals surface area contributed by atoms with Crippen LogP contribution in [0.3, 0.4) is 0 Å². The van der Waals surface area contributed by atoms with Crippen LogP contribution in [0, 0.1) is 17.8 Å². The van der Waals surface area contributed by atoms with Gasteiger partial charge in [0.05, 0.1) is 13.5 Å². The molecule has 0 spiro atoms. The van der Waals surface area contributed by atoms with Gasteiger partial charge in [-0.15, -0.1) is 0 Å². The lowest BCUT2D eigenvalue weighted by Gasteiger charge is -2.30. The Morgan fingerprint density at radius 3 is 2.65 bits per heavy atom. The topological polar surface area (TPSA) is 38.3 Å². The Morgan fingerprint density at radius 1 is 1.35 bits per heavy atom. The van der Waals surface area contributed by atoms with Gasteiger partial charge in [0, 0.05) is 12.1 Å². The zero-order valence-electron chi connectivity index (χ0n) is 11.2. The van der Waals surface area contributed by atoms with Crippen molar-refractivity contribution in [3.8, 4) is 0 Å². The monoisotopic (exact) mass is 239 g/mol. The fourth-order valence-electron chi connectivity index (χ4n) is 3.87. The van der Waals surface area contributed by atoms with Gasteiger partial charge in [-0.05, 0) is 50.9 Å². The highest BCUT2D eigenvalue weighted by Crippen LogP contribution is 2.49. The molecule has 5 unspecified atom stereocenters. The first kappa shape index (κ1) is 12.9. The Hall–Kier alpha value is -0.570. The Morgan fingerprint density at radius 2 is 2.12 bits per heavy atom. The normalized spacial score (nSPS) is 34.6. The van der Waals surface area contributed by atoms with E-state index in [0.717, 1.165) is 17.8 Å². The van der Waals surface area contributed by atoms with Gasteiger partial charge in [0.1, 0.15) is 0 Å².